The molecule has 0 saturated heterocycles. The molecular formula is C40H72F2N4O10. The van der Waals surface area contributed by atoms with E-state index in [-0.39, 0.29) is 18.4 Å². The number of hydrogen-bond donors (Lipinski definition) is 4. The van der Waals surface area contributed by atoms with Crippen LogP contribution in [-0.2, 0) is 47.7 Å². The number of carbonyl (C=O) groups excluding carboxylic acids is 6. The molecule has 0 aromatic heterocycles. The standard InChI is InChI=1S/C40H72F2N4O10/c1-23(44-34(6,7)8)27(47)53-35(9,10)21-36(11,12)54-28(48)24(2)45-39(17,18)31(51)40(19,20)46-26(42)30(50)56-38(15,16)22-37(13,14)55-29(49)25(41)43-32(52)33(3,4)5/h23-26,44-46H,21-22H2,1-20H3,(H,43,52). The van der Waals surface area contributed by atoms with Crippen molar-refractivity contribution in [1.82, 2.24) is 21.3 Å². The topological polar surface area (TPSA) is 187 Å². The van der Waals surface area contributed by atoms with E-state index in [1.54, 1.807) is 55.4 Å². The van der Waals surface area contributed by atoms with Crippen molar-refractivity contribution in [2.45, 2.75) is 215 Å². The van der Waals surface area contributed by atoms with E-state index in [1.807, 2.05) is 26.1 Å². The lowest BCUT2D eigenvalue weighted by atomic mass is 9.84. The number of hydrogen-bond acceptors (Lipinski definition) is 13. The minimum absolute atomic E-state index is 0.161. The SMILES string of the molecule is CC(NC(C)(C)C)C(=O)OC(C)(C)CC(C)(C)OC(=O)C(C)NC(C)(C)C(=O)C(C)(C)NC(F)C(=O)OC(C)(C)CC(C)(C)OC(=O)C(F)NC(=O)C(C)(C)C. The number of nitrogens with one attached hydrogen (secondary N) is 4. The van der Waals surface area contributed by atoms with Crippen molar-refractivity contribution < 1.29 is 56.5 Å². The molecule has 0 bridgehead atoms. The summed E-state index contributed by atoms with van der Waals surface area (Å²) in [4.78, 5) is 77.0. The summed E-state index contributed by atoms with van der Waals surface area (Å²) in [5.74, 6) is -5.17. The second-order valence-corrected chi connectivity index (χ2v) is 20.2. The Kier molecular flexibility index (Phi) is 17.5. The van der Waals surface area contributed by atoms with Crippen LogP contribution in [0.2, 0.25) is 0 Å². The molecule has 0 aliphatic rings. The average Bonchev–Trinajstić information content (AvgIpc) is 2.92. The number of ether oxygens (including phenoxy) is 4. The molecule has 14 nitrogen and oxygen atoms in total. The zero-order chi connectivity index (χ0) is 44.8. The summed E-state index contributed by atoms with van der Waals surface area (Å²) >= 11 is 0. The van der Waals surface area contributed by atoms with Gasteiger partial charge in [-0.3, -0.25) is 35.1 Å². The molecule has 0 aromatic carbocycles. The van der Waals surface area contributed by atoms with E-state index in [2.05, 4.69) is 16.0 Å². The highest BCUT2D eigenvalue weighted by atomic mass is 19.1. The van der Waals surface area contributed by atoms with Crippen LogP contribution in [0, 0.1) is 5.41 Å². The summed E-state index contributed by atoms with van der Waals surface area (Å²) in [5.41, 5.74) is -9.31. The maximum atomic E-state index is 15.4. The third kappa shape index (κ3) is 18.8. The zero-order valence-corrected chi connectivity index (χ0v) is 37.6. The van der Waals surface area contributed by atoms with E-state index in [0.717, 1.165) is 0 Å². The first-order valence-electron chi connectivity index (χ1n) is 18.9. The zero-order valence-electron chi connectivity index (χ0n) is 37.6. The Bertz CT molecular complexity index is 1430. The molecule has 0 heterocycles. The number of rotatable bonds is 20. The molecule has 0 aliphatic carbocycles. The Labute approximate surface area is 333 Å². The van der Waals surface area contributed by atoms with E-state index in [9.17, 15) is 33.2 Å². The lowest BCUT2D eigenvalue weighted by molar-refractivity contribution is -0.179. The van der Waals surface area contributed by atoms with E-state index >= 15 is 4.39 Å². The lowest BCUT2D eigenvalue weighted by Crippen LogP contribution is -2.64. The Hall–Kier alpha value is -3.24. The summed E-state index contributed by atoms with van der Waals surface area (Å²) in [6.07, 6.45) is -4.95. The van der Waals surface area contributed by atoms with Gasteiger partial charge in [0.15, 0.2) is 5.78 Å². The predicted molar refractivity (Wildman–Crippen MR) is 209 cm³/mol. The van der Waals surface area contributed by atoms with Gasteiger partial charge in [-0.05, 0) is 118 Å². The summed E-state index contributed by atoms with van der Waals surface area (Å²) < 4.78 is 52.0. The molecule has 0 saturated carbocycles. The molecular weight excluding hydrogens is 734 g/mol. The van der Waals surface area contributed by atoms with Crippen molar-refractivity contribution in [3.8, 4) is 0 Å². The van der Waals surface area contributed by atoms with Crippen LogP contribution in [0.25, 0.3) is 0 Å². The highest BCUT2D eigenvalue weighted by Crippen LogP contribution is 2.30. The lowest BCUT2D eigenvalue weighted by Gasteiger charge is -2.38. The number of esters is 4. The first-order chi connectivity index (χ1) is 24.5. The minimum atomic E-state index is -2.48. The minimum Gasteiger partial charge on any atom is -0.458 e. The largest absolute Gasteiger partial charge is 0.458 e. The van der Waals surface area contributed by atoms with Crippen molar-refractivity contribution in [1.29, 1.82) is 0 Å². The molecule has 0 aliphatic heterocycles. The third-order valence-electron chi connectivity index (χ3n) is 8.12. The van der Waals surface area contributed by atoms with Crippen molar-refractivity contribution >= 4 is 35.6 Å². The van der Waals surface area contributed by atoms with E-state index in [0.29, 0.717) is 0 Å². The van der Waals surface area contributed by atoms with Crippen LogP contribution >= 0.6 is 0 Å². The molecule has 0 spiro atoms. The Morgan fingerprint density at radius 3 is 1.11 bits per heavy atom. The van der Waals surface area contributed by atoms with Crippen LogP contribution < -0.4 is 21.3 Å². The number of Topliss-reactive ketones (excluding diaryl/α,β-unsaturated/α-hetero) is 1. The summed E-state index contributed by atoms with van der Waals surface area (Å²) in [7, 11) is 0. The van der Waals surface area contributed by atoms with Crippen molar-refractivity contribution in [2.75, 3.05) is 0 Å². The van der Waals surface area contributed by atoms with Gasteiger partial charge in [0.25, 0.3) is 6.30 Å². The smallest absolute Gasteiger partial charge is 0.362 e. The van der Waals surface area contributed by atoms with Gasteiger partial charge in [0.05, 0.1) is 11.1 Å². The van der Waals surface area contributed by atoms with Crippen molar-refractivity contribution in [2.24, 2.45) is 5.41 Å². The molecule has 0 rings (SSSR count). The summed E-state index contributed by atoms with van der Waals surface area (Å²) in [6.45, 7) is 31.9. The van der Waals surface area contributed by atoms with E-state index < -0.39 is 99.1 Å². The molecule has 16 heteroatoms. The normalized spacial score (nSPS) is 15.8. The second-order valence-electron chi connectivity index (χ2n) is 20.2. The monoisotopic (exact) mass is 807 g/mol. The number of carbonyl (C=O) groups is 6. The fourth-order valence-electron chi connectivity index (χ4n) is 6.55. The molecule has 0 fully saturated rings. The van der Waals surface area contributed by atoms with Crippen LogP contribution in [0.15, 0.2) is 0 Å². The van der Waals surface area contributed by atoms with Gasteiger partial charge < -0.3 is 24.3 Å². The Morgan fingerprint density at radius 1 is 0.464 bits per heavy atom. The molecule has 1 amide bonds. The quantitative estimate of drug-likeness (QED) is 0.0708. The van der Waals surface area contributed by atoms with Crippen LogP contribution in [0.4, 0.5) is 8.78 Å². The molecule has 4 atom stereocenters. The van der Waals surface area contributed by atoms with Crippen molar-refractivity contribution in [3.63, 3.8) is 0 Å². The van der Waals surface area contributed by atoms with Gasteiger partial charge in [0.1, 0.15) is 34.5 Å². The summed E-state index contributed by atoms with van der Waals surface area (Å²) in [6, 6.07) is -1.59. The Balaban J connectivity index is 5.46. The van der Waals surface area contributed by atoms with Crippen LogP contribution in [-0.4, -0.2) is 99.3 Å². The number of alkyl halides is 2. The predicted octanol–water partition coefficient (Wildman–Crippen LogP) is 5.28. The van der Waals surface area contributed by atoms with Gasteiger partial charge in [-0.15, -0.1) is 0 Å². The number of amides is 1. The average molecular weight is 807 g/mol. The fourth-order valence-corrected chi connectivity index (χ4v) is 6.55. The first kappa shape index (κ1) is 52.8. The van der Waals surface area contributed by atoms with Gasteiger partial charge in [-0.2, -0.15) is 0 Å². The highest BCUT2D eigenvalue weighted by Gasteiger charge is 2.45. The number of halogens is 2. The fraction of sp³-hybridized carbons (Fsp3) is 0.850. The van der Waals surface area contributed by atoms with Gasteiger partial charge in [0, 0.05) is 23.8 Å². The van der Waals surface area contributed by atoms with Gasteiger partial charge in [0.2, 0.25) is 12.2 Å². The molecule has 4 N–H and O–H groups in total. The molecule has 326 valence electrons. The highest BCUT2D eigenvalue weighted by molar-refractivity contribution is 5.96. The van der Waals surface area contributed by atoms with Crippen LogP contribution in [0.5, 0.6) is 0 Å². The van der Waals surface area contributed by atoms with E-state index in [1.165, 1.54) is 62.3 Å². The molecule has 4 unspecified atom stereocenters. The maximum absolute atomic E-state index is 15.4. The van der Waals surface area contributed by atoms with Crippen LogP contribution in [0.1, 0.15) is 151 Å². The molecule has 0 aromatic rings. The second kappa shape index (κ2) is 18.6. The Morgan fingerprint density at radius 2 is 0.768 bits per heavy atom. The van der Waals surface area contributed by atoms with E-state index in [4.69, 9.17) is 18.9 Å². The van der Waals surface area contributed by atoms with Gasteiger partial charge >= 0.3 is 23.9 Å². The maximum Gasteiger partial charge on any atom is 0.362 e. The van der Waals surface area contributed by atoms with Crippen LogP contribution in [0.3, 0.4) is 0 Å². The molecule has 56 heavy (non-hydrogen) atoms. The molecule has 0 radical (unpaired) electrons. The summed E-state index contributed by atoms with van der Waals surface area (Å²) in [5, 5.41) is 10.4. The van der Waals surface area contributed by atoms with Gasteiger partial charge in [-0.25, -0.2) is 18.4 Å². The first-order valence-corrected chi connectivity index (χ1v) is 18.9. The van der Waals surface area contributed by atoms with Crippen molar-refractivity contribution in [3.05, 3.63) is 0 Å². The third-order valence-corrected chi connectivity index (χ3v) is 8.12. The van der Waals surface area contributed by atoms with Gasteiger partial charge in [-0.1, -0.05) is 20.8 Å². The number of ketones is 1.